The second-order valence-electron chi connectivity index (χ2n) is 5.91. The minimum Gasteiger partial charge on any atom is -0.472 e. The van der Waals surface area contributed by atoms with Gasteiger partial charge in [0, 0.05) is 12.7 Å². The Morgan fingerprint density at radius 1 is 1.24 bits per heavy atom. The first kappa shape index (κ1) is 16.9. The Morgan fingerprint density at radius 2 is 2.04 bits per heavy atom. The molecule has 1 N–H and O–H groups in total. The number of ketones is 1. The number of rotatable bonds is 7. The Labute approximate surface area is 146 Å². The van der Waals surface area contributed by atoms with Crippen molar-refractivity contribution in [3.63, 3.8) is 0 Å². The number of H-pyrrole nitrogens is 1. The largest absolute Gasteiger partial charge is 0.472 e. The molecule has 2 heterocycles. The predicted molar refractivity (Wildman–Crippen MR) is 96.7 cm³/mol. The highest BCUT2D eigenvalue weighted by Crippen LogP contribution is 2.26. The van der Waals surface area contributed by atoms with Gasteiger partial charge >= 0.3 is 0 Å². The molecule has 25 heavy (non-hydrogen) atoms. The van der Waals surface area contributed by atoms with E-state index < -0.39 is 0 Å². The number of hydrogen-bond acceptors (Lipinski definition) is 5. The van der Waals surface area contributed by atoms with E-state index in [2.05, 4.69) is 15.0 Å². The van der Waals surface area contributed by atoms with E-state index in [0.717, 1.165) is 5.56 Å². The number of nitrogens with zero attached hydrogens (tertiary/aromatic N) is 3. The summed E-state index contributed by atoms with van der Waals surface area (Å²) in [5, 5.41) is 0.609. The maximum atomic E-state index is 12.5. The Hall–Kier alpha value is -2.99. The maximum absolute atomic E-state index is 12.5. The predicted octanol–water partition coefficient (Wildman–Crippen LogP) is 2.84. The number of benzene rings is 1. The van der Waals surface area contributed by atoms with Crippen LogP contribution in [0.4, 0.5) is 0 Å². The van der Waals surface area contributed by atoms with Crippen molar-refractivity contribution in [2.75, 3.05) is 20.6 Å². The summed E-state index contributed by atoms with van der Waals surface area (Å²) in [5.74, 6) is 0.298. The van der Waals surface area contributed by atoms with Crippen molar-refractivity contribution in [1.82, 2.24) is 19.9 Å². The van der Waals surface area contributed by atoms with Gasteiger partial charge in [-0.2, -0.15) is 0 Å². The van der Waals surface area contributed by atoms with E-state index >= 15 is 0 Å². The van der Waals surface area contributed by atoms with E-state index in [4.69, 9.17) is 4.74 Å². The third-order valence-electron chi connectivity index (χ3n) is 3.66. The third kappa shape index (κ3) is 4.10. The molecular weight excluding hydrogens is 316 g/mol. The Morgan fingerprint density at radius 3 is 2.80 bits per heavy atom. The van der Waals surface area contributed by atoms with Gasteiger partial charge in [-0.15, -0.1) is 0 Å². The fourth-order valence-electron chi connectivity index (χ4n) is 2.42. The fraction of sp³-hybridized carbons (Fsp3) is 0.211. The summed E-state index contributed by atoms with van der Waals surface area (Å²) in [4.78, 5) is 25.9. The van der Waals surface area contributed by atoms with Gasteiger partial charge < -0.3 is 14.6 Å². The zero-order valence-electron chi connectivity index (χ0n) is 14.3. The normalized spacial score (nSPS) is 11.5. The Bertz CT molecular complexity index is 885. The molecule has 0 unspecified atom stereocenters. The van der Waals surface area contributed by atoms with Crippen molar-refractivity contribution in [3.8, 4) is 5.88 Å². The summed E-state index contributed by atoms with van der Waals surface area (Å²) in [7, 11) is 3.90. The van der Waals surface area contributed by atoms with Crippen molar-refractivity contribution in [1.29, 1.82) is 0 Å². The van der Waals surface area contributed by atoms with Gasteiger partial charge in [-0.05, 0) is 25.7 Å². The van der Waals surface area contributed by atoms with Crippen LogP contribution in [0.25, 0.3) is 11.0 Å². The number of ether oxygens (including phenoxy) is 1. The third-order valence-corrected chi connectivity index (χ3v) is 3.66. The van der Waals surface area contributed by atoms with Gasteiger partial charge in [-0.25, -0.2) is 9.97 Å². The minimum absolute atomic E-state index is 0.104. The van der Waals surface area contributed by atoms with Crippen LogP contribution < -0.4 is 4.74 Å². The van der Waals surface area contributed by atoms with Crippen LogP contribution in [0, 0.1) is 0 Å². The molecule has 0 spiro atoms. The molecule has 2 aromatic heterocycles. The van der Waals surface area contributed by atoms with Crippen LogP contribution in [-0.2, 0) is 6.61 Å². The molecular formula is C19H20N4O2. The molecule has 128 valence electrons. The molecule has 0 amide bonds. The molecule has 0 aliphatic heterocycles. The molecule has 6 nitrogen and oxygen atoms in total. The lowest BCUT2D eigenvalue weighted by atomic mass is 10.1. The number of likely N-dealkylation sites (N-methyl/N-ethyl adjacent to an activating group) is 1. The van der Waals surface area contributed by atoms with Crippen LogP contribution in [0.3, 0.4) is 0 Å². The lowest BCUT2D eigenvalue weighted by Gasteiger charge is -2.07. The van der Waals surface area contributed by atoms with Crippen molar-refractivity contribution in [3.05, 3.63) is 66.1 Å². The average Bonchev–Trinajstić information content (AvgIpc) is 3.05. The smallest absolute Gasteiger partial charge is 0.227 e. The summed E-state index contributed by atoms with van der Waals surface area (Å²) in [5.41, 5.74) is 2.12. The highest BCUT2D eigenvalue weighted by molar-refractivity contribution is 6.13. The number of hydrogen-bond donors (Lipinski definition) is 1. The molecule has 0 radical (unpaired) electrons. The lowest BCUT2D eigenvalue weighted by molar-refractivity contribution is 0.104. The van der Waals surface area contributed by atoms with Crippen LogP contribution in [0.2, 0.25) is 0 Å². The first-order valence-corrected chi connectivity index (χ1v) is 7.99. The first-order valence-electron chi connectivity index (χ1n) is 7.99. The van der Waals surface area contributed by atoms with Gasteiger partial charge in [0.05, 0.1) is 10.9 Å². The molecule has 0 atom stereocenters. The molecule has 0 saturated carbocycles. The minimum atomic E-state index is -0.104. The molecule has 0 aliphatic rings. The van der Waals surface area contributed by atoms with Crippen LogP contribution in [0.1, 0.15) is 15.9 Å². The van der Waals surface area contributed by atoms with E-state index in [1.54, 1.807) is 12.3 Å². The fourth-order valence-corrected chi connectivity index (χ4v) is 2.42. The standard InChI is InChI=1S/C19H20N4O2/c1-23(2)10-6-9-16(24)15-11-20-18-17(15)19(22-13-21-18)25-12-14-7-4-3-5-8-14/h3-9,11,13H,10,12H2,1-2H3,(H,20,21,22)/b9-6+. The number of carbonyl (C=O) groups excluding carboxylic acids is 1. The molecule has 3 aromatic rings. The number of aromatic amines is 1. The van der Waals surface area contributed by atoms with Crippen molar-refractivity contribution >= 4 is 16.8 Å². The maximum Gasteiger partial charge on any atom is 0.227 e. The summed E-state index contributed by atoms with van der Waals surface area (Å²) < 4.78 is 5.84. The Balaban J connectivity index is 1.85. The number of carbonyl (C=O) groups is 1. The summed E-state index contributed by atoms with van der Waals surface area (Å²) in [6.45, 7) is 1.07. The topological polar surface area (TPSA) is 71.1 Å². The summed E-state index contributed by atoms with van der Waals surface area (Å²) in [6, 6.07) is 9.82. The zero-order valence-corrected chi connectivity index (χ0v) is 14.3. The molecule has 0 bridgehead atoms. The van der Waals surface area contributed by atoms with Crippen LogP contribution in [0.15, 0.2) is 55.0 Å². The van der Waals surface area contributed by atoms with E-state index in [-0.39, 0.29) is 5.78 Å². The SMILES string of the molecule is CN(C)C/C=C/C(=O)c1c[nH]c2ncnc(OCc3ccccc3)c12. The van der Waals surface area contributed by atoms with E-state index in [0.29, 0.717) is 35.6 Å². The van der Waals surface area contributed by atoms with Gasteiger partial charge in [0.2, 0.25) is 5.88 Å². The molecule has 0 saturated heterocycles. The molecule has 3 rings (SSSR count). The van der Waals surface area contributed by atoms with Gasteiger partial charge in [-0.3, -0.25) is 4.79 Å². The molecule has 6 heteroatoms. The van der Waals surface area contributed by atoms with Gasteiger partial charge in [0.15, 0.2) is 5.78 Å². The van der Waals surface area contributed by atoms with Crippen LogP contribution in [0.5, 0.6) is 5.88 Å². The van der Waals surface area contributed by atoms with Gasteiger partial charge in [-0.1, -0.05) is 36.4 Å². The van der Waals surface area contributed by atoms with E-state index in [9.17, 15) is 4.79 Å². The van der Waals surface area contributed by atoms with Crippen LogP contribution >= 0.6 is 0 Å². The van der Waals surface area contributed by atoms with Crippen molar-refractivity contribution in [2.45, 2.75) is 6.61 Å². The van der Waals surface area contributed by atoms with Crippen molar-refractivity contribution < 1.29 is 9.53 Å². The average molecular weight is 336 g/mol. The van der Waals surface area contributed by atoms with Gasteiger partial charge in [0.1, 0.15) is 18.6 Å². The lowest BCUT2D eigenvalue weighted by Crippen LogP contribution is -2.11. The van der Waals surface area contributed by atoms with Crippen LogP contribution in [-0.4, -0.2) is 46.3 Å². The highest BCUT2D eigenvalue weighted by Gasteiger charge is 2.16. The monoisotopic (exact) mass is 336 g/mol. The molecule has 0 aliphatic carbocycles. The number of fused-ring (bicyclic) bond motifs is 1. The molecule has 0 fully saturated rings. The molecule has 1 aromatic carbocycles. The number of nitrogens with one attached hydrogen (secondary N) is 1. The number of allylic oxidation sites excluding steroid dienone is 1. The summed E-state index contributed by atoms with van der Waals surface area (Å²) in [6.07, 6.45) is 6.47. The first-order chi connectivity index (χ1) is 12.1. The Kier molecular flexibility index (Phi) is 5.20. The zero-order chi connectivity index (χ0) is 17.6. The number of aromatic nitrogens is 3. The van der Waals surface area contributed by atoms with E-state index in [1.807, 2.05) is 55.4 Å². The quantitative estimate of drug-likeness (QED) is 0.531. The van der Waals surface area contributed by atoms with Gasteiger partial charge in [0.25, 0.3) is 0 Å². The van der Waals surface area contributed by atoms with E-state index in [1.165, 1.54) is 6.33 Å². The second kappa shape index (κ2) is 7.72. The summed E-state index contributed by atoms with van der Waals surface area (Å²) >= 11 is 0. The highest BCUT2D eigenvalue weighted by atomic mass is 16.5. The second-order valence-corrected chi connectivity index (χ2v) is 5.91. The van der Waals surface area contributed by atoms with Crippen molar-refractivity contribution in [2.24, 2.45) is 0 Å².